The number of benzene rings is 3. The Hall–Kier alpha value is -8.40. The number of nitrogens with zero attached hydrogens (tertiary/aromatic N) is 10. The van der Waals surface area contributed by atoms with Crippen molar-refractivity contribution in [1.29, 1.82) is 0 Å². The van der Waals surface area contributed by atoms with Gasteiger partial charge in [0.25, 0.3) is 0 Å². The van der Waals surface area contributed by atoms with Gasteiger partial charge in [0.2, 0.25) is 23.6 Å². The minimum absolute atomic E-state index is 0.0124. The number of nitrogens with one attached hydrogen (secondary N) is 2. The number of ether oxygens (including phenoxy) is 6. The van der Waals surface area contributed by atoms with Crippen molar-refractivity contribution in [3.8, 4) is 34.5 Å². The Bertz CT molecular complexity index is 3460. The average molecular weight is 1410 g/mol. The molecule has 3 saturated heterocycles. The van der Waals surface area contributed by atoms with E-state index in [-0.39, 0.29) is 78.5 Å². The zero-order valence-electron chi connectivity index (χ0n) is 58.7. The number of alkyl halides is 6. The van der Waals surface area contributed by atoms with E-state index in [1.807, 2.05) is 23.6 Å². The van der Waals surface area contributed by atoms with E-state index in [1.165, 1.54) is 6.07 Å². The standard InChI is InChI=1S/C25H35F2N5O3.C24H33F2N5O3.C22H31F2N3O4/c1-16(2)12-19-15-31(10-11-32(19)24(33)14-23-28-17(3)29-30-23)18-8-9-21(35-25(26)27)22(13-18)34-20-6-4-5-7-20;1-15(2)10-19-13-30(8-9-31(19)23(32)12-22-27-16(3)28-29-22)18-6-7-20(34-24(25)26)21(11-18)33-14-17-4-5-17;1-14(2)9-17-12-26(7-8-27(17)21(29)11-20(25)28)16-5-6-18(31-22(23)24)19(10-16)30-13-15-3-4-15/h8-9,13,16,19-20,25H,4-7,10-12,14-15H2,1-3H3,(H,28,29,30);6-7,11,15,17,19,24H,4-5,8-10,12-14H2,1-3H3,(H,27,28,29);5-6,10,14-15,17,22H,3-4,7-9,11-13H2,1-2H3,(H2,25,28). The van der Waals surface area contributed by atoms with Crippen LogP contribution in [-0.4, -0.2) is 185 Å². The fraction of sp³-hybridized carbons (Fsp3) is 0.634. The number of piperazine rings is 3. The monoisotopic (exact) mass is 1410 g/mol. The number of carbonyl (C=O) groups is 4. The molecule has 3 aliphatic heterocycles. The molecule has 3 unspecified atom stereocenters. The van der Waals surface area contributed by atoms with Crippen molar-refractivity contribution < 1.29 is 73.9 Å². The first-order chi connectivity index (χ1) is 47.8. The normalized spacial score (nSPS) is 18.9. The lowest BCUT2D eigenvalue weighted by atomic mass is 9.99. The summed E-state index contributed by atoms with van der Waals surface area (Å²) in [6, 6.07) is 15.2. The summed E-state index contributed by atoms with van der Waals surface area (Å²) in [5, 5.41) is 13.8. The van der Waals surface area contributed by atoms with Crippen molar-refractivity contribution in [2.24, 2.45) is 35.3 Å². The van der Waals surface area contributed by atoms with Crippen molar-refractivity contribution in [3.05, 3.63) is 77.9 Å². The molecule has 4 amide bonds. The Morgan fingerprint density at radius 1 is 0.490 bits per heavy atom. The molecule has 11 rings (SSSR count). The van der Waals surface area contributed by atoms with Gasteiger partial charge in [-0.1, -0.05) is 41.5 Å². The highest BCUT2D eigenvalue weighted by Crippen LogP contribution is 2.41. The Labute approximate surface area is 581 Å². The highest BCUT2D eigenvalue weighted by molar-refractivity contribution is 5.96. The van der Waals surface area contributed by atoms with Crippen LogP contribution in [0.5, 0.6) is 34.5 Å². The molecule has 23 nitrogen and oxygen atoms in total. The zero-order valence-corrected chi connectivity index (χ0v) is 58.7. The third kappa shape index (κ3) is 23.1. The summed E-state index contributed by atoms with van der Waals surface area (Å²) in [6.45, 7) is 13.8. The van der Waals surface area contributed by atoms with Gasteiger partial charge in [-0.3, -0.25) is 29.4 Å². The number of hydrogen-bond donors (Lipinski definition) is 3. The number of nitrogens with two attached hydrogens (primary N) is 1. The summed E-state index contributed by atoms with van der Waals surface area (Å²) in [6.07, 6.45) is 10.9. The Morgan fingerprint density at radius 3 is 1.16 bits per heavy atom. The van der Waals surface area contributed by atoms with Gasteiger partial charge >= 0.3 is 19.8 Å². The number of aryl methyl sites for hydroxylation is 2. The first-order valence-electron chi connectivity index (χ1n) is 35.2. The molecule has 4 N–H and O–H groups in total. The minimum Gasteiger partial charge on any atom is -0.489 e. The summed E-state index contributed by atoms with van der Waals surface area (Å²) >= 11 is 0. The van der Waals surface area contributed by atoms with Gasteiger partial charge in [0.15, 0.2) is 46.1 Å². The second kappa shape index (κ2) is 35.8. The van der Waals surface area contributed by atoms with Gasteiger partial charge in [-0.05, 0) is 150 Å². The van der Waals surface area contributed by atoms with Crippen LogP contribution in [0.4, 0.5) is 43.4 Å². The highest BCUT2D eigenvalue weighted by Gasteiger charge is 2.36. The van der Waals surface area contributed by atoms with Crippen molar-refractivity contribution in [1.82, 2.24) is 45.1 Å². The number of primary amides is 1. The van der Waals surface area contributed by atoms with Crippen LogP contribution >= 0.6 is 0 Å². The van der Waals surface area contributed by atoms with Crippen LogP contribution in [0.1, 0.15) is 142 Å². The van der Waals surface area contributed by atoms with Gasteiger partial charge < -0.3 is 63.6 Å². The van der Waals surface area contributed by atoms with E-state index in [1.54, 1.807) is 53.4 Å². The molecule has 6 fully saturated rings. The van der Waals surface area contributed by atoms with Crippen LogP contribution in [0.15, 0.2) is 54.6 Å². The van der Waals surface area contributed by atoms with Crippen molar-refractivity contribution in [2.45, 2.75) is 189 Å². The fourth-order valence-corrected chi connectivity index (χ4v) is 13.3. The number of aromatic nitrogens is 6. The average Bonchev–Trinajstić information content (AvgIpc) is 1.12. The van der Waals surface area contributed by atoms with Gasteiger partial charge in [0.05, 0.1) is 32.2 Å². The van der Waals surface area contributed by atoms with E-state index in [4.69, 9.17) is 24.7 Å². The van der Waals surface area contributed by atoms with Crippen LogP contribution < -0.4 is 48.9 Å². The Kier molecular flexibility index (Phi) is 27.1. The smallest absolute Gasteiger partial charge is 0.387 e. The Morgan fingerprint density at radius 2 is 0.840 bits per heavy atom. The molecule has 3 aromatic carbocycles. The van der Waals surface area contributed by atoms with Crippen LogP contribution in [-0.2, 0) is 32.0 Å². The van der Waals surface area contributed by atoms with E-state index < -0.39 is 25.7 Å². The molecule has 6 aliphatic rings. The fourth-order valence-electron chi connectivity index (χ4n) is 13.3. The van der Waals surface area contributed by atoms with Gasteiger partial charge in [0, 0.05) is 112 Å². The van der Waals surface area contributed by atoms with E-state index in [0.29, 0.717) is 142 Å². The molecule has 3 atom stereocenters. The van der Waals surface area contributed by atoms with Crippen LogP contribution in [0.25, 0.3) is 0 Å². The van der Waals surface area contributed by atoms with Crippen LogP contribution in [0, 0.1) is 43.4 Å². The largest absolute Gasteiger partial charge is 0.489 e. The summed E-state index contributed by atoms with van der Waals surface area (Å²) in [5.74, 6) is 4.76. The minimum atomic E-state index is -2.93. The molecule has 0 bridgehead atoms. The first-order valence-corrected chi connectivity index (χ1v) is 35.2. The molecule has 0 spiro atoms. The number of carbonyl (C=O) groups excluding carboxylic acids is 4. The number of halogens is 6. The topological polar surface area (TPSA) is 252 Å². The van der Waals surface area contributed by atoms with E-state index >= 15 is 0 Å². The summed E-state index contributed by atoms with van der Waals surface area (Å²) in [4.78, 5) is 70.5. The molecule has 100 heavy (non-hydrogen) atoms. The van der Waals surface area contributed by atoms with E-state index in [9.17, 15) is 45.5 Å². The third-order valence-electron chi connectivity index (χ3n) is 18.3. The molecule has 5 heterocycles. The summed E-state index contributed by atoms with van der Waals surface area (Å²) in [5.41, 5.74) is 7.78. The molecule has 550 valence electrons. The van der Waals surface area contributed by atoms with Crippen LogP contribution in [0.2, 0.25) is 0 Å². The lowest BCUT2D eigenvalue weighted by Gasteiger charge is -2.43. The van der Waals surface area contributed by atoms with Gasteiger partial charge in [0.1, 0.15) is 18.1 Å². The predicted molar refractivity (Wildman–Crippen MR) is 364 cm³/mol. The molecule has 0 radical (unpaired) electrons. The maximum Gasteiger partial charge on any atom is 0.387 e. The van der Waals surface area contributed by atoms with Gasteiger partial charge in [-0.15, -0.1) is 0 Å². The molecular formula is C71H99F6N13O10. The first kappa shape index (κ1) is 75.8. The zero-order chi connectivity index (χ0) is 71.7. The SMILES string of the molecule is CC(C)CC1CN(c2ccc(OC(F)F)c(OCC3CC3)c2)CCN1C(=O)CC(N)=O.Cc1nc(CC(=O)N2CCN(c3ccc(OC(F)F)c(OC4CCCC4)c3)CC2CC(C)C)n[nH]1.Cc1nc(CC(=O)N2CCN(c3ccc(OC(F)F)c(OCC4CC4)c3)CC2CC(C)C)n[nH]1. The van der Waals surface area contributed by atoms with Crippen LogP contribution in [0.3, 0.4) is 0 Å². The number of rotatable bonds is 29. The molecule has 29 heteroatoms. The molecule has 3 aliphatic carbocycles. The quantitative estimate of drug-likeness (QED) is 0.0297. The molecule has 5 aromatic rings. The summed E-state index contributed by atoms with van der Waals surface area (Å²) in [7, 11) is 0. The van der Waals surface area contributed by atoms with Crippen molar-refractivity contribution >= 4 is 40.7 Å². The van der Waals surface area contributed by atoms with Gasteiger partial charge in [-0.25, -0.2) is 9.97 Å². The molecule has 2 aromatic heterocycles. The Balaban J connectivity index is 0.000000175. The molecule has 3 saturated carbocycles. The second-order valence-electron chi connectivity index (χ2n) is 28.2. The number of hydrogen-bond acceptors (Lipinski definition) is 17. The predicted octanol–water partition coefficient (Wildman–Crippen LogP) is 11.2. The number of H-pyrrole nitrogens is 2. The number of aromatic amines is 2. The van der Waals surface area contributed by atoms with E-state index in [2.05, 4.69) is 96.1 Å². The lowest BCUT2D eigenvalue weighted by Crippen LogP contribution is -2.56. The number of anilines is 3. The van der Waals surface area contributed by atoms with E-state index in [0.717, 1.165) is 87.7 Å². The van der Waals surface area contributed by atoms with Gasteiger partial charge in [-0.2, -0.15) is 36.5 Å². The highest BCUT2D eigenvalue weighted by atomic mass is 19.3. The lowest BCUT2D eigenvalue weighted by molar-refractivity contribution is -0.138. The van der Waals surface area contributed by atoms with Crippen molar-refractivity contribution in [2.75, 3.05) is 86.8 Å². The third-order valence-corrected chi connectivity index (χ3v) is 18.3. The maximum atomic E-state index is 13.1. The van der Waals surface area contributed by atoms with Crippen molar-refractivity contribution in [3.63, 3.8) is 0 Å². The number of amides is 4. The molecular weight excluding hydrogens is 1310 g/mol. The summed E-state index contributed by atoms with van der Waals surface area (Å²) < 4.78 is 109. The second-order valence-corrected chi connectivity index (χ2v) is 28.2. The maximum absolute atomic E-state index is 13.1.